The highest BCUT2D eigenvalue weighted by Gasteiger charge is 2.03. The minimum Gasteiger partial charge on any atom is -0.497 e. The van der Waals surface area contributed by atoms with Crippen molar-refractivity contribution in [2.45, 2.75) is 26.7 Å². The van der Waals surface area contributed by atoms with Gasteiger partial charge in [-0.15, -0.1) is 0 Å². The van der Waals surface area contributed by atoms with E-state index in [1.165, 1.54) is 5.56 Å². The van der Waals surface area contributed by atoms with Crippen LogP contribution in [0.4, 0.5) is 0 Å². The van der Waals surface area contributed by atoms with Gasteiger partial charge in [0.2, 0.25) is 0 Å². The van der Waals surface area contributed by atoms with E-state index in [-0.39, 0.29) is 5.97 Å². The van der Waals surface area contributed by atoms with E-state index >= 15 is 0 Å². The number of hydrogen-bond donors (Lipinski definition) is 0. The first-order valence-corrected chi connectivity index (χ1v) is 10.0. The van der Waals surface area contributed by atoms with Crippen molar-refractivity contribution in [3.05, 3.63) is 102 Å². The molecule has 0 heterocycles. The molecule has 0 saturated carbocycles. The van der Waals surface area contributed by atoms with Crippen molar-refractivity contribution >= 4 is 17.1 Å². The number of aryl methyl sites for hydroxylation is 1. The molecule has 2 rings (SSSR count). The predicted octanol–water partition coefficient (Wildman–Crippen LogP) is 6.42. The molecule has 0 unspecified atom stereocenters. The minimum absolute atomic E-state index is 0.330. The Balaban J connectivity index is 1.99. The van der Waals surface area contributed by atoms with Crippen LogP contribution in [0.2, 0.25) is 0 Å². The number of carbonyl (C=O) groups excluding carboxylic acids is 1. The zero-order chi connectivity index (χ0) is 21.9. The van der Waals surface area contributed by atoms with Gasteiger partial charge in [0.25, 0.3) is 0 Å². The highest BCUT2D eigenvalue weighted by Crippen LogP contribution is 2.21. The lowest BCUT2D eigenvalue weighted by Crippen LogP contribution is -2.06. The van der Waals surface area contributed by atoms with Gasteiger partial charge < -0.3 is 9.47 Å². The first kappa shape index (κ1) is 23.0. The highest BCUT2D eigenvalue weighted by molar-refractivity contribution is 5.86. The lowest BCUT2D eigenvalue weighted by Gasteiger charge is -2.07. The number of hydrogen-bond acceptors (Lipinski definition) is 3. The van der Waals surface area contributed by atoms with Gasteiger partial charge in [-0.25, -0.2) is 4.79 Å². The standard InChI is InChI=1S/C27H30O3/c1-6-23(12-9-21(4)24-15-17-26(29-5)18-16-24)25-13-10-22(11-14-25)8-7-19-30-27(28)20(2)3/h6,9-18H,1-2,7-8,19H2,3-5H3/b21-9+,23-12+. The summed E-state index contributed by atoms with van der Waals surface area (Å²) in [6.45, 7) is 11.7. The summed E-state index contributed by atoms with van der Waals surface area (Å²) in [5, 5.41) is 0. The number of carbonyl (C=O) groups is 1. The minimum atomic E-state index is -0.330. The summed E-state index contributed by atoms with van der Waals surface area (Å²) in [5.41, 5.74) is 6.12. The molecule has 0 spiro atoms. The quantitative estimate of drug-likeness (QED) is 0.199. The molecule has 0 N–H and O–H groups in total. The molecule has 0 fully saturated rings. The summed E-state index contributed by atoms with van der Waals surface area (Å²) < 4.78 is 10.3. The third kappa shape index (κ3) is 6.93. The molecule has 30 heavy (non-hydrogen) atoms. The van der Waals surface area contributed by atoms with Crippen LogP contribution in [-0.2, 0) is 16.0 Å². The molecule has 0 radical (unpaired) electrons. The number of rotatable bonds is 10. The number of benzene rings is 2. The van der Waals surface area contributed by atoms with Crippen molar-refractivity contribution in [3.8, 4) is 5.75 Å². The largest absolute Gasteiger partial charge is 0.497 e. The van der Waals surface area contributed by atoms with Crippen LogP contribution >= 0.6 is 0 Å². The SMILES string of the molecule is C=C/C(=C\C=C(/C)c1ccc(OC)cc1)c1ccc(CCCOC(=O)C(=C)C)cc1. The van der Waals surface area contributed by atoms with E-state index in [1.807, 2.05) is 18.2 Å². The van der Waals surface area contributed by atoms with Crippen molar-refractivity contribution in [1.29, 1.82) is 0 Å². The number of esters is 1. The van der Waals surface area contributed by atoms with Crippen molar-refractivity contribution in [2.75, 3.05) is 13.7 Å². The van der Waals surface area contributed by atoms with Crippen molar-refractivity contribution in [2.24, 2.45) is 0 Å². The van der Waals surface area contributed by atoms with Crippen LogP contribution in [0.3, 0.4) is 0 Å². The lowest BCUT2D eigenvalue weighted by molar-refractivity contribution is -0.139. The molecule has 2 aromatic carbocycles. The summed E-state index contributed by atoms with van der Waals surface area (Å²) in [7, 11) is 1.67. The molecule has 156 valence electrons. The van der Waals surface area contributed by atoms with Gasteiger partial charge in [-0.2, -0.15) is 0 Å². The van der Waals surface area contributed by atoms with E-state index in [1.54, 1.807) is 14.0 Å². The Morgan fingerprint density at radius 3 is 2.17 bits per heavy atom. The fourth-order valence-corrected chi connectivity index (χ4v) is 2.88. The van der Waals surface area contributed by atoms with Gasteiger partial charge in [0.1, 0.15) is 5.75 Å². The van der Waals surface area contributed by atoms with E-state index in [4.69, 9.17) is 9.47 Å². The van der Waals surface area contributed by atoms with Gasteiger partial charge >= 0.3 is 5.97 Å². The molecule has 0 aromatic heterocycles. The predicted molar refractivity (Wildman–Crippen MR) is 125 cm³/mol. The normalized spacial score (nSPS) is 11.7. The van der Waals surface area contributed by atoms with E-state index in [0.29, 0.717) is 12.2 Å². The van der Waals surface area contributed by atoms with Crippen LogP contribution in [0.1, 0.15) is 37.0 Å². The van der Waals surface area contributed by atoms with Gasteiger partial charge in [0.15, 0.2) is 0 Å². The highest BCUT2D eigenvalue weighted by atomic mass is 16.5. The molecule has 3 heteroatoms. The molecule has 0 saturated heterocycles. The molecule has 2 aromatic rings. The van der Waals surface area contributed by atoms with E-state index in [9.17, 15) is 4.79 Å². The Morgan fingerprint density at radius 2 is 1.60 bits per heavy atom. The van der Waals surface area contributed by atoms with Gasteiger partial charge in [0.05, 0.1) is 13.7 Å². The summed E-state index contributed by atoms with van der Waals surface area (Å²) in [5.74, 6) is 0.520. The Hall–Kier alpha value is -3.33. The molecule has 0 amide bonds. The second kappa shape index (κ2) is 11.6. The van der Waals surface area contributed by atoms with Crippen LogP contribution in [0, 0.1) is 0 Å². The Morgan fingerprint density at radius 1 is 0.967 bits per heavy atom. The average Bonchev–Trinajstić information content (AvgIpc) is 2.77. The molecular formula is C27H30O3. The summed E-state index contributed by atoms with van der Waals surface area (Å²) >= 11 is 0. The maximum Gasteiger partial charge on any atom is 0.333 e. The van der Waals surface area contributed by atoms with Gasteiger partial charge in [-0.3, -0.25) is 0 Å². The van der Waals surface area contributed by atoms with E-state index in [2.05, 4.69) is 68.6 Å². The third-order valence-corrected chi connectivity index (χ3v) is 4.76. The molecule has 0 bridgehead atoms. The average molecular weight is 403 g/mol. The fourth-order valence-electron chi connectivity index (χ4n) is 2.88. The topological polar surface area (TPSA) is 35.5 Å². The molecule has 0 aliphatic heterocycles. The molecular weight excluding hydrogens is 372 g/mol. The second-order valence-corrected chi connectivity index (χ2v) is 7.12. The van der Waals surface area contributed by atoms with E-state index in [0.717, 1.165) is 40.9 Å². The third-order valence-electron chi connectivity index (χ3n) is 4.76. The van der Waals surface area contributed by atoms with Crippen LogP contribution in [0.5, 0.6) is 5.75 Å². The molecule has 0 atom stereocenters. The van der Waals surface area contributed by atoms with E-state index < -0.39 is 0 Å². The monoisotopic (exact) mass is 402 g/mol. The van der Waals surface area contributed by atoms with Gasteiger partial charge in [0, 0.05) is 5.57 Å². The van der Waals surface area contributed by atoms with Crippen LogP contribution in [-0.4, -0.2) is 19.7 Å². The first-order chi connectivity index (χ1) is 14.4. The fraction of sp³-hybridized carbons (Fsp3) is 0.222. The number of allylic oxidation sites excluding steroid dienone is 5. The smallest absolute Gasteiger partial charge is 0.333 e. The van der Waals surface area contributed by atoms with Crippen molar-refractivity contribution in [3.63, 3.8) is 0 Å². The second-order valence-electron chi connectivity index (χ2n) is 7.12. The Kier molecular flexibility index (Phi) is 8.89. The molecule has 3 nitrogen and oxygen atoms in total. The van der Waals surface area contributed by atoms with Gasteiger partial charge in [-0.05, 0) is 66.7 Å². The number of methoxy groups -OCH3 is 1. The summed E-state index contributed by atoms with van der Waals surface area (Å²) in [4.78, 5) is 11.4. The van der Waals surface area contributed by atoms with Crippen LogP contribution < -0.4 is 4.74 Å². The van der Waals surface area contributed by atoms with Crippen molar-refractivity contribution in [1.82, 2.24) is 0 Å². The lowest BCUT2D eigenvalue weighted by atomic mass is 10.0. The van der Waals surface area contributed by atoms with Crippen molar-refractivity contribution < 1.29 is 14.3 Å². The van der Waals surface area contributed by atoms with Crippen LogP contribution in [0.25, 0.3) is 11.1 Å². The van der Waals surface area contributed by atoms with Gasteiger partial charge in [-0.1, -0.05) is 67.8 Å². The summed E-state index contributed by atoms with van der Waals surface area (Å²) in [6, 6.07) is 16.4. The van der Waals surface area contributed by atoms with Crippen LogP contribution in [0.15, 0.2) is 85.5 Å². The maximum atomic E-state index is 11.4. The zero-order valence-electron chi connectivity index (χ0n) is 18.1. The maximum absolute atomic E-state index is 11.4. The number of ether oxygens (including phenoxy) is 2. The summed E-state index contributed by atoms with van der Waals surface area (Å²) in [6.07, 6.45) is 7.69. The molecule has 0 aliphatic rings. The Bertz CT molecular complexity index is 929. The zero-order valence-corrected chi connectivity index (χ0v) is 18.1. The first-order valence-electron chi connectivity index (χ1n) is 10.0. The Labute approximate surface area is 180 Å². The molecule has 0 aliphatic carbocycles.